The molecular weight excluding hydrogens is 334 g/mol. The first-order valence-corrected chi connectivity index (χ1v) is 8.44. The van der Waals surface area contributed by atoms with Gasteiger partial charge in [-0.25, -0.2) is 4.68 Å². The molecule has 1 heterocycles. The van der Waals surface area contributed by atoms with Crippen LogP contribution in [0.2, 0.25) is 0 Å². The number of nitrogens with one attached hydrogen (secondary N) is 1. The second-order valence-corrected chi connectivity index (χ2v) is 6.52. The van der Waals surface area contributed by atoms with Crippen molar-refractivity contribution in [3.05, 3.63) is 21.0 Å². The van der Waals surface area contributed by atoms with E-state index in [1.165, 1.54) is 36.8 Å². The Kier molecular flexibility index (Phi) is 6.23. The summed E-state index contributed by atoms with van der Waals surface area (Å²) < 4.78 is 6.96. The van der Waals surface area contributed by atoms with Crippen molar-refractivity contribution in [1.29, 1.82) is 0 Å². The zero-order valence-corrected chi connectivity index (χ0v) is 14.4. The number of hydrogen-bond donors (Lipinski definition) is 1. The van der Waals surface area contributed by atoms with E-state index in [2.05, 4.69) is 33.3 Å². The van der Waals surface area contributed by atoms with E-state index in [0.29, 0.717) is 29.6 Å². The Bertz CT molecular complexity index is 512. The second kappa shape index (κ2) is 7.94. The van der Waals surface area contributed by atoms with Gasteiger partial charge in [0.1, 0.15) is 4.47 Å². The van der Waals surface area contributed by atoms with Gasteiger partial charge < -0.3 is 10.1 Å². The van der Waals surface area contributed by atoms with Crippen molar-refractivity contribution in [2.45, 2.75) is 51.6 Å². The quantitative estimate of drug-likeness (QED) is 0.849. The van der Waals surface area contributed by atoms with E-state index < -0.39 is 0 Å². The number of nitrogens with zero attached hydrogens (tertiary/aromatic N) is 2. The second-order valence-electron chi connectivity index (χ2n) is 5.72. The fourth-order valence-corrected chi connectivity index (χ4v) is 3.32. The largest absolute Gasteiger partial charge is 0.383 e. The number of aromatic nitrogens is 2. The molecule has 0 bridgehead atoms. The summed E-state index contributed by atoms with van der Waals surface area (Å²) in [5, 5.41) is 7.66. The number of anilines is 1. The molecule has 1 aliphatic rings. The highest BCUT2D eigenvalue weighted by Gasteiger charge is 2.21. The SMILES string of the molecule is COCCn1ncc(NC(C)C2CCCCC2)c(Br)c1=O. The average Bonchev–Trinajstić information content (AvgIpc) is 2.52. The van der Waals surface area contributed by atoms with Crippen LogP contribution < -0.4 is 10.9 Å². The van der Waals surface area contributed by atoms with Gasteiger partial charge in [-0.05, 0) is 41.6 Å². The summed E-state index contributed by atoms with van der Waals surface area (Å²) in [5.41, 5.74) is 0.666. The summed E-state index contributed by atoms with van der Waals surface area (Å²) in [7, 11) is 1.61. The normalized spacial score (nSPS) is 17.7. The van der Waals surface area contributed by atoms with Gasteiger partial charge in [-0.3, -0.25) is 4.79 Å². The minimum Gasteiger partial charge on any atom is -0.383 e. The third kappa shape index (κ3) is 4.30. The first kappa shape index (κ1) is 16.5. The number of hydrogen-bond acceptors (Lipinski definition) is 4. The van der Waals surface area contributed by atoms with Crippen molar-refractivity contribution < 1.29 is 4.74 Å². The van der Waals surface area contributed by atoms with Crippen LogP contribution in [-0.2, 0) is 11.3 Å². The first-order valence-electron chi connectivity index (χ1n) is 7.64. The summed E-state index contributed by atoms with van der Waals surface area (Å²) in [4.78, 5) is 12.2. The minimum atomic E-state index is -0.118. The topological polar surface area (TPSA) is 56.1 Å². The van der Waals surface area contributed by atoms with Gasteiger partial charge >= 0.3 is 0 Å². The minimum absolute atomic E-state index is 0.118. The van der Waals surface area contributed by atoms with E-state index in [4.69, 9.17) is 4.74 Å². The van der Waals surface area contributed by atoms with Crippen molar-refractivity contribution in [3.63, 3.8) is 0 Å². The molecule has 1 aliphatic carbocycles. The molecule has 1 atom stereocenters. The highest BCUT2D eigenvalue weighted by molar-refractivity contribution is 9.10. The van der Waals surface area contributed by atoms with E-state index >= 15 is 0 Å². The van der Waals surface area contributed by atoms with Crippen LogP contribution in [0.15, 0.2) is 15.5 Å². The van der Waals surface area contributed by atoms with Crippen LogP contribution in [0.3, 0.4) is 0 Å². The predicted octanol–water partition coefficient (Wildman–Crippen LogP) is 3.03. The van der Waals surface area contributed by atoms with Gasteiger partial charge in [-0.2, -0.15) is 5.10 Å². The van der Waals surface area contributed by atoms with E-state index in [0.717, 1.165) is 5.69 Å². The standard InChI is InChI=1S/C15H24BrN3O2/c1-11(12-6-4-3-5-7-12)18-13-10-17-19(8-9-21-2)15(20)14(13)16/h10-12,18H,3-9H2,1-2H3. The Morgan fingerprint density at radius 3 is 2.86 bits per heavy atom. The average molecular weight is 358 g/mol. The molecule has 1 aromatic heterocycles. The summed E-state index contributed by atoms with van der Waals surface area (Å²) in [5.74, 6) is 0.682. The predicted molar refractivity (Wildman–Crippen MR) is 87.7 cm³/mol. The van der Waals surface area contributed by atoms with Crippen LogP contribution in [-0.4, -0.2) is 29.5 Å². The molecule has 1 N–H and O–H groups in total. The molecule has 1 aromatic rings. The van der Waals surface area contributed by atoms with Gasteiger partial charge in [-0.15, -0.1) is 0 Å². The van der Waals surface area contributed by atoms with Crippen molar-refractivity contribution >= 4 is 21.6 Å². The fraction of sp³-hybridized carbons (Fsp3) is 0.733. The summed E-state index contributed by atoms with van der Waals surface area (Å²) in [6, 6.07) is 0.359. The molecule has 0 spiro atoms. The van der Waals surface area contributed by atoms with E-state index in [-0.39, 0.29) is 5.56 Å². The van der Waals surface area contributed by atoms with Crippen molar-refractivity contribution in [2.24, 2.45) is 5.92 Å². The molecule has 0 radical (unpaired) electrons. The van der Waals surface area contributed by atoms with Gasteiger partial charge in [0.05, 0.1) is 25.0 Å². The van der Waals surface area contributed by atoms with Crippen LogP contribution >= 0.6 is 15.9 Å². The van der Waals surface area contributed by atoms with Crippen LogP contribution in [0.4, 0.5) is 5.69 Å². The molecule has 21 heavy (non-hydrogen) atoms. The molecule has 2 rings (SSSR count). The van der Waals surface area contributed by atoms with Crippen molar-refractivity contribution in [3.8, 4) is 0 Å². The highest BCUT2D eigenvalue weighted by atomic mass is 79.9. The maximum Gasteiger partial charge on any atom is 0.283 e. The molecule has 118 valence electrons. The lowest BCUT2D eigenvalue weighted by Gasteiger charge is -2.29. The lowest BCUT2D eigenvalue weighted by Crippen LogP contribution is -2.31. The highest BCUT2D eigenvalue weighted by Crippen LogP contribution is 2.29. The zero-order valence-electron chi connectivity index (χ0n) is 12.8. The Balaban J connectivity index is 2.06. The number of methoxy groups -OCH3 is 1. The lowest BCUT2D eigenvalue weighted by atomic mass is 9.84. The molecule has 0 aromatic carbocycles. The maximum absolute atomic E-state index is 12.2. The maximum atomic E-state index is 12.2. The molecule has 1 fully saturated rings. The monoisotopic (exact) mass is 357 g/mol. The Hall–Kier alpha value is -0.880. The number of rotatable bonds is 6. The Morgan fingerprint density at radius 2 is 2.19 bits per heavy atom. The van der Waals surface area contributed by atoms with E-state index in [1.807, 2.05) is 0 Å². The lowest BCUT2D eigenvalue weighted by molar-refractivity contribution is 0.181. The Morgan fingerprint density at radius 1 is 1.48 bits per heavy atom. The van der Waals surface area contributed by atoms with Crippen LogP contribution in [0.5, 0.6) is 0 Å². The summed E-state index contributed by atoms with van der Waals surface area (Å²) >= 11 is 3.40. The van der Waals surface area contributed by atoms with E-state index in [1.54, 1.807) is 13.3 Å². The molecule has 0 aliphatic heterocycles. The van der Waals surface area contributed by atoms with Crippen molar-refractivity contribution in [1.82, 2.24) is 9.78 Å². The zero-order chi connectivity index (χ0) is 15.2. The molecule has 1 saturated carbocycles. The molecule has 0 saturated heterocycles. The summed E-state index contributed by atoms with van der Waals surface area (Å²) in [6.07, 6.45) is 8.24. The van der Waals surface area contributed by atoms with Crippen molar-refractivity contribution in [2.75, 3.05) is 19.0 Å². The summed E-state index contributed by atoms with van der Waals surface area (Å²) in [6.45, 7) is 3.13. The molecule has 1 unspecified atom stereocenters. The van der Waals surface area contributed by atoms with Gasteiger partial charge in [0.15, 0.2) is 0 Å². The smallest absolute Gasteiger partial charge is 0.283 e. The number of ether oxygens (including phenoxy) is 1. The number of halogens is 1. The van der Waals surface area contributed by atoms with Crippen LogP contribution in [0, 0.1) is 5.92 Å². The van der Waals surface area contributed by atoms with Gasteiger partial charge in [0.25, 0.3) is 5.56 Å². The van der Waals surface area contributed by atoms with Gasteiger partial charge in [0, 0.05) is 13.2 Å². The van der Waals surface area contributed by atoms with Crippen LogP contribution in [0.1, 0.15) is 39.0 Å². The molecule has 5 nitrogen and oxygen atoms in total. The van der Waals surface area contributed by atoms with Gasteiger partial charge in [0.2, 0.25) is 0 Å². The fourth-order valence-electron chi connectivity index (χ4n) is 2.90. The third-order valence-corrected chi connectivity index (χ3v) is 5.00. The third-order valence-electron chi connectivity index (χ3n) is 4.23. The van der Waals surface area contributed by atoms with Gasteiger partial charge in [-0.1, -0.05) is 19.3 Å². The molecular formula is C15H24BrN3O2. The molecule has 6 heteroatoms. The Labute approximate surface area is 134 Å². The van der Waals surface area contributed by atoms with E-state index in [9.17, 15) is 4.79 Å². The first-order chi connectivity index (χ1) is 10.1. The molecule has 0 amide bonds. The van der Waals surface area contributed by atoms with Crippen LogP contribution in [0.25, 0.3) is 0 Å².